The first kappa shape index (κ1) is 17.7. The first-order chi connectivity index (χ1) is 14.2. The Morgan fingerprint density at radius 2 is 2.07 bits per heavy atom. The zero-order valence-electron chi connectivity index (χ0n) is 16.1. The van der Waals surface area contributed by atoms with Crippen LogP contribution in [0.25, 0.3) is 11.1 Å². The van der Waals surface area contributed by atoms with Crippen LogP contribution in [0.2, 0.25) is 0 Å². The number of fused-ring (bicyclic) bond motifs is 2. The molecule has 1 fully saturated rings. The van der Waals surface area contributed by atoms with Crippen molar-refractivity contribution in [3.8, 4) is 5.75 Å². The van der Waals surface area contributed by atoms with Gasteiger partial charge in [0.1, 0.15) is 11.3 Å². The summed E-state index contributed by atoms with van der Waals surface area (Å²) in [5.74, 6) is 1.71. The van der Waals surface area contributed by atoms with Crippen LogP contribution in [0.1, 0.15) is 12.8 Å². The molecule has 9 nitrogen and oxygen atoms in total. The zero-order valence-corrected chi connectivity index (χ0v) is 16.1. The van der Waals surface area contributed by atoms with E-state index < -0.39 is 0 Å². The van der Waals surface area contributed by atoms with Crippen molar-refractivity contribution in [2.45, 2.75) is 18.9 Å². The molecule has 29 heavy (non-hydrogen) atoms. The van der Waals surface area contributed by atoms with E-state index in [1.165, 1.54) is 0 Å². The van der Waals surface area contributed by atoms with Gasteiger partial charge in [0.25, 0.3) is 5.91 Å². The fraction of sp³-hybridized carbons (Fsp3) is 0.350. The number of nitrogens with zero attached hydrogens (tertiary/aromatic N) is 3. The number of benzene rings is 1. The number of rotatable bonds is 4. The Labute approximate surface area is 167 Å². The molecule has 2 aromatic heterocycles. The number of carbonyl (C=O) groups is 1. The van der Waals surface area contributed by atoms with Gasteiger partial charge in [-0.1, -0.05) is 0 Å². The third-order valence-corrected chi connectivity index (χ3v) is 5.34. The smallest absolute Gasteiger partial charge is 0.262 e. The van der Waals surface area contributed by atoms with Gasteiger partial charge in [-0.25, -0.2) is 4.98 Å². The van der Waals surface area contributed by atoms with Crippen molar-refractivity contribution < 1.29 is 13.9 Å². The molecule has 5 rings (SSSR count). The number of ether oxygens (including phenoxy) is 1. The first-order valence-electron chi connectivity index (χ1n) is 9.70. The van der Waals surface area contributed by atoms with Crippen molar-refractivity contribution in [2.75, 3.05) is 42.3 Å². The van der Waals surface area contributed by atoms with Crippen molar-refractivity contribution in [3.05, 3.63) is 30.5 Å². The van der Waals surface area contributed by atoms with E-state index in [-0.39, 0.29) is 12.5 Å². The van der Waals surface area contributed by atoms with E-state index in [1.54, 1.807) is 6.26 Å². The van der Waals surface area contributed by atoms with Gasteiger partial charge in [0.15, 0.2) is 18.0 Å². The van der Waals surface area contributed by atoms with Crippen molar-refractivity contribution in [3.63, 3.8) is 0 Å². The van der Waals surface area contributed by atoms with Crippen molar-refractivity contribution in [1.82, 2.24) is 15.3 Å². The van der Waals surface area contributed by atoms with E-state index in [0.29, 0.717) is 29.0 Å². The van der Waals surface area contributed by atoms with Gasteiger partial charge in [-0.05, 0) is 44.1 Å². The third-order valence-electron chi connectivity index (χ3n) is 5.34. The summed E-state index contributed by atoms with van der Waals surface area (Å²) in [5.41, 5.74) is 2.81. The summed E-state index contributed by atoms with van der Waals surface area (Å²) in [7, 11) is 2.05. The number of nitrogens with one attached hydrogen (secondary N) is 3. The highest BCUT2D eigenvalue weighted by Gasteiger charge is 2.23. The Hall–Kier alpha value is -3.33. The monoisotopic (exact) mass is 394 g/mol. The highest BCUT2D eigenvalue weighted by Crippen LogP contribution is 2.33. The molecule has 150 valence electrons. The van der Waals surface area contributed by atoms with Crippen LogP contribution in [0.3, 0.4) is 0 Å². The number of piperidine rings is 1. The van der Waals surface area contributed by atoms with Gasteiger partial charge in [0.05, 0.1) is 12.0 Å². The fourth-order valence-electron chi connectivity index (χ4n) is 3.80. The van der Waals surface area contributed by atoms with E-state index in [1.807, 2.05) is 24.3 Å². The van der Waals surface area contributed by atoms with E-state index in [0.717, 1.165) is 43.0 Å². The number of hydrogen-bond acceptors (Lipinski definition) is 8. The lowest BCUT2D eigenvalue weighted by Crippen LogP contribution is -2.41. The second kappa shape index (κ2) is 7.25. The predicted octanol–water partition coefficient (Wildman–Crippen LogP) is 2.49. The number of amides is 1. The second-order valence-corrected chi connectivity index (χ2v) is 7.27. The molecule has 1 aromatic carbocycles. The molecular formula is C20H22N6O3. The predicted molar refractivity (Wildman–Crippen MR) is 110 cm³/mol. The van der Waals surface area contributed by atoms with E-state index in [4.69, 9.17) is 14.1 Å². The van der Waals surface area contributed by atoms with Gasteiger partial charge in [0.2, 0.25) is 5.95 Å². The first-order valence-corrected chi connectivity index (χ1v) is 9.70. The average Bonchev–Trinajstić information content (AvgIpc) is 3.21. The fourth-order valence-corrected chi connectivity index (χ4v) is 3.80. The maximum absolute atomic E-state index is 11.6. The number of carbonyl (C=O) groups excluding carboxylic acids is 1. The summed E-state index contributed by atoms with van der Waals surface area (Å²) in [6.45, 7) is 2.03. The summed E-state index contributed by atoms with van der Waals surface area (Å²) in [6, 6.07) is 7.72. The quantitative estimate of drug-likeness (QED) is 0.620. The molecular weight excluding hydrogens is 372 g/mol. The molecule has 3 aromatic rings. The lowest BCUT2D eigenvalue weighted by molar-refractivity contribution is -0.118. The third kappa shape index (κ3) is 3.44. The number of hydrogen-bond donors (Lipinski definition) is 3. The van der Waals surface area contributed by atoms with Crippen LogP contribution in [0, 0.1) is 0 Å². The minimum absolute atomic E-state index is 0.0342. The Bertz CT molecular complexity index is 1060. The Balaban J connectivity index is 1.46. The Kier molecular flexibility index (Phi) is 4.44. The molecule has 0 radical (unpaired) electrons. The van der Waals surface area contributed by atoms with Crippen LogP contribution in [0.5, 0.6) is 5.75 Å². The zero-order chi connectivity index (χ0) is 19.8. The standard InChI is InChI=1S/C20H22N6O3/c1-26(13-4-7-21-8-5-13)19-18-14(6-9-28-18)24-20(25-19)22-12-2-3-16-15(10-12)23-17(27)11-29-16/h2-3,6,9-10,13,21H,4-5,7-8,11H2,1H3,(H,23,27)(H,22,24,25). The molecule has 3 N–H and O–H groups in total. The molecule has 0 unspecified atom stereocenters. The van der Waals surface area contributed by atoms with Gasteiger partial charge < -0.3 is 30.0 Å². The van der Waals surface area contributed by atoms with E-state index in [9.17, 15) is 4.79 Å². The van der Waals surface area contributed by atoms with Crippen molar-refractivity contribution in [1.29, 1.82) is 0 Å². The molecule has 0 bridgehead atoms. The van der Waals surface area contributed by atoms with Crippen LogP contribution >= 0.6 is 0 Å². The molecule has 1 amide bonds. The number of furan rings is 1. The van der Waals surface area contributed by atoms with Gasteiger partial charge in [0, 0.05) is 24.8 Å². The highest BCUT2D eigenvalue weighted by molar-refractivity contribution is 5.96. The van der Waals surface area contributed by atoms with Crippen molar-refractivity contribution >= 4 is 40.1 Å². The molecule has 0 spiro atoms. The lowest BCUT2D eigenvalue weighted by Gasteiger charge is -2.32. The topological polar surface area (TPSA) is 105 Å². The average molecular weight is 394 g/mol. The Morgan fingerprint density at radius 1 is 1.21 bits per heavy atom. The molecule has 1 saturated heterocycles. The van der Waals surface area contributed by atoms with Gasteiger partial charge in [-0.3, -0.25) is 4.79 Å². The minimum atomic E-state index is -0.170. The summed E-state index contributed by atoms with van der Waals surface area (Å²) in [5, 5.41) is 9.44. The molecule has 2 aliphatic rings. The summed E-state index contributed by atoms with van der Waals surface area (Å²) in [6.07, 6.45) is 3.74. The van der Waals surface area contributed by atoms with Crippen LogP contribution in [0.4, 0.5) is 23.1 Å². The molecule has 2 aliphatic heterocycles. The largest absolute Gasteiger partial charge is 0.482 e. The van der Waals surface area contributed by atoms with Crippen LogP contribution in [-0.4, -0.2) is 48.7 Å². The molecule has 0 atom stereocenters. The van der Waals surface area contributed by atoms with Gasteiger partial charge in [-0.15, -0.1) is 0 Å². The van der Waals surface area contributed by atoms with Crippen LogP contribution in [0.15, 0.2) is 34.9 Å². The summed E-state index contributed by atoms with van der Waals surface area (Å²) in [4.78, 5) is 23.1. The highest BCUT2D eigenvalue weighted by atomic mass is 16.5. The summed E-state index contributed by atoms with van der Waals surface area (Å²) >= 11 is 0. The number of anilines is 4. The van der Waals surface area contributed by atoms with E-state index >= 15 is 0 Å². The van der Waals surface area contributed by atoms with Crippen LogP contribution < -0.4 is 25.6 Å². The maximum Gasteiger partial charge on any atom is 0.262 e. The van der Waals surface area contributed by atoms with Gasteiger partial charge >= 0.3 is 0 Å². The molecule has 4 heterocycles. The SMILES string of the molecule is CN(c1nc(Nc2ccc3c(c2)NC(=O)CO3)nc2ccoc12)C1CCNCC1. The number of aromatic nitrogens is 2. The van der Waals surface area contributed by atoms with Gasteiger partial charge in [-0.2, -0.15) is 4.98 Å². The van der Waals surface area contributed by atoms with Crippen molar-refractivity contribution in [2.24, 2.45) is 0 Å². The summed E-state index contributed by atoms with van der Waals surface area (Å²) < 4.78 is 11.1. The van der Waals surface area contributed by atoms with E-state index in [2.05, 4.69) is 32.9 Å². The minimum Gasteiger partial charge on any atom is -0.482 e. The molecule has 0 aliphatic carbocycles. The lowest BCUT2D eigenvalue weighted by atomic mass is 10.1. The normalized spacial score (nSPS) is 16.8. The molecule has 0 saturated carbocycles. The second-order valence-electron chi connectivity index (χ2n) is 7.27. The van der Waals surface area contributed by atoms with Crippen LogP contribution in [-0.2, 0) is 4.79 Å². The Morgan fingerprint density at radius 3 is 2.93 bits per heavy atom. The molecule has 9 heteroatoms. The maximum atomic E-state index is 11.6.